The lowest BCUT2D eigenvalue weighted by Gasteiger charge is -2.34. The van der Waals surface area contributed by atoms with Crippen LogP contribution in [-0.4, -0.2) is 75.8 Å². The number of Topliss-reactive ketones (excluding diaryl/α,β-unsaturated/α-hetero) is 1. The number of halogens is 6. The predicted octanol–water partition coefficient (Wildman–Crippen LogP) is 6.14. The van der Waals surface area contributed by atoms with Gasteiger partial charge in [-0.2, -0.15) is 18.3 Å². The summed E-state index contributed by atoms with van der Waals surface area (Å²) >= 11 is 12.7. The quantitative estimate of drug-likeness (QED) is 0.232. The SMILES string of the molecule is Cl.Nc1nc(CC2CCCN(c3nc(-c4ccc(Cl)cc4Cl)cn4nc(CN5CCOCC5)cc34)C2)ccc1C(=O)C(F)(F)F. The van der Waals surface area contributed by atoms with E-state index >= 15 is 0 Å². The lowest BCUT2D eigenvalue weighted by Crippen LogP contribution is -2.37. The lowest BCUT2D eigenvalue weighted by atomic mass is 9.93. The molecule has 1 atom stereocenters. The second-order valence-corrected chi connectivity index (χ2v) is 12.0. The van der Waals surface area contributed by atoms with Crippen LogP contribution >= 0.6 is 35.6 Å². The van der Waals surface area contributed by atoms with E-state index in [1.807, 2.05) is 16.8 Å². The number of hydrogen-bond donors (Lipinski definition) is 1. The predicted molar refractivity (Wildman–Crippen MR) is 169 cm³/mol. The second-order valence-electron chi connectivity index (χ2n) is 11.1. The molecule has 0 aliphatic carbocycles. The van der Waals surface area contributed by atoms with E-state index in [1.165, 1.54) is 6.07 Å². The summed E-state index contributed by atoms with van der Waals surface area (Å²) in [5.41, 5.74) is 8.83. The van der Waals surface area contributed by atoms with Crippen molar-refractivity contribution in [3.63, 3.8) is 0 Å². The number of ketones is 1. The van der Waals surface area contributed by atoms with Crippen molar-refractivity contribution in [2.24, 2.45) is 5.92 Å². The number of alkyl halides is 3. The van der Waals surface area contributed by atoms with E-state index < -0.39 is 23.3 Å². The first-order chi connectivity index (χ1) is 21.0. The molecule has 6 rings (SSSR count). The minimum atomic E-state index is -5.01. The fraction of sp³-hybridized carbons (Fsp3) is 0.400. The number of benzene rings is 1. The minimum Gasteiger partial charge on any atom is -0.383 e. The van der Waals surface area contributed by atoms with E-state index in [0.29, 0.717) is 54.2 Å². The van der Waals surface area contributed by atoms with Crippen molar-refractivity contribution in [1.29, 1.82) is 0 Å². The molecular formula is C30H31Cl3F3N7O2. The maximum absolute atomic E-state index is 12.9. The molecular weight excluding hydrogens is 654 g/mol. The molecule has 2 aliphatic heterocycles. The molecule has 1 unspecified atom stereocenters. The number of aromatic nitrogens is 4. The van der Waals surface area contributed by atoms with Gasteiger partial charge in [-0.25, -0.2) is 14.5 Å². The van der Waals surface area contributed by atoms with E-state index in [1.54, 1.807) is 12.1 Å². The number of carbonyl (C=O) groups excluding carboxylic acids is 1. The van der Waals surface area contributed by atoms with Gasteiger partial charge in [0.15, 0.2) is 5.82 Å². The number of hydrogen-bond acceptors (Lipinski definition) is 8. The Balaban J connectivity index is 0.00000400. The van der Waals surface area contributed by atoms with Gasteiger partial charge in [-0.05, 0) is 61.6 Å². The molecule has 9 nitrogen and oxygen atoms in total. The molecule has 4 aromatic rings. The van der Waals surface area contributed by atoms with Crippen LogP contribution in [0.15, 0.2) is 42.6 Å². The van der Waals surface area contributed by atoms with Gasteiger partial charge >= 0.3 is 6.18 Å². The highest BCUT2D eigenvalue weighted by Gasteiger charge is 2.40. The van der Waals surface area contributed by atoms with Crippen LogP contribution in [0.25, 0.3) is 16.8 Å². The molecule has 1 aromatic carbocycles. The molecule has 45 heavy (non-hydrogen) atoms. The van der Waals surface area contributed by atoms with Crippen LogP contribution in [0.4, 0.5) is 24.8 Å². The zero-order valence-electron chi connectivity index (χ0n) is 24.1. The number of fused-ring (bicyclic) bond motifs is 1. The number of nitrogens with two attached hydrogens (primary N) is 1. The third-order valence-electron chi connectivity index (χ3n) is 7.98. The molecule has 0 saturated carbocycles. The average Bonchev–Trinajstić information content (AvgIpc) is 3.39. The van der Waals surface area contributed by atoms with Gasteiger partial charge < -0.3 is 15.4 Å². The van der Waals surface area contributed by atoms with Gasteiger partial charge in [0.25, 0.3) is 5.78 Å². The zero-order valence-corrected chi connectivity index (χ0v) is 26.4. The lowest BCUT2D eigenvalue weighted by molar-refractivity contribution is -0.0884. The van der Waals surface area contributed by atoms with Crippen molar-refractivity contribution in [2.75, 3.05) is 50.0 Å². The third-order valence-corrected chi connectivity index (χ3v) is 8.53. The summed E-state index contributed by atoms with van der Waals surface area (Å²) < 4.78 is 46.1. The molecule has 2 N–H and O–H groups in total. The van der Waals surface area contributed by atoms with E-state index in [0.717, 1.165) is 61.1 Å². The molecule has 2 fully saturated rings. The summed E-state index contributed by atoms with van der Waals surface area (Å²) in [7, 11) is 0. The smallest absolute Gasteiger partial charge is 0.383 e. The number of pyridine rings is 1. The van der Waals surface area contributed by atoms with Crippen LogP contribution in [0, 0.1) is 5.92 Å². The Hall–Kier alpha value is -3.16. The normalized spacial score (nSPS) is 17.8. The molecule has 240 valence electrons. The summed E-state index contributed by atoms with van der Waals surface area (Å²) in [6.45, 7) is 5.13. The van der Waals surface area contributed by atoms with Gasteiger partial charge in [0.05, 0.1) is 41.4 Å². The number of rotatable bonds is 7. The third kappa shape index (κ3) is 7.47. The molecule has 2 aliphatic rings. The number of anilines is 2. The maximum Gasteiger partial charge on any atom is 0.455 e. The summed E-state index contributed by atoms with van der Waals surface area (Å²) in [6.07, 6.45) is -0.891. The Kier molecular flexibility index (Phi) is 10.1. The van der Waals surface area contributed by atoms with Gasteiger partial charge in [0.2, 0.25) is 0 Å². The van der Waals surface area contributed by atoms with Crippen LogP contribution in [0.5, 0.6) is 0 Å². The summed E-state index contributed by atoms with van der Waals surface area (Å²) in [6, 6.07) is 9.91. The molecule has 0 spiro atoms. The Bertz CT molecular complexity index is 1700. The van der Waals surface area contributed by atoms with Gasteiger partial charge in [-0.3, -0.25) is 9.69 Å². The molecule has 0 amide bonds. The number of piperidine rings is 1. The van der Waals surface area contributed by atoms with Crippen LogP contribution in [0.3, 0.4) is 0 Å². The van der Waals surface area contributed by atoms with Crippen LogP contribution in [0.2, 0.25) is 10.0 Å². The van der Waals surface area contributed by atoms with Crippen molar-refractivity contribution in [3.05, 3.63) is 69.6 Å². The highest BCUT2D eigenvalue weighted by atomic mass is 35.5. The van der Waals surface area contributed by atoms with E-state index in [9.17, 15) is 18.0 Å². The number of nitrogen functional groups attached to an aromatic ring is 1. The fourth-order valence-electron chi connectivity index (χ4n) is 5.85. The summed E-state index contributed by atoms with van der Waals surface area (Å²) in [5.74, 6) is -1.53. The van der Waals surface area contributed by atoms with Crippen LogP contribution < -0.4 is 10.6 Å². The van der Waals surface area contributed by atoms with E-state index in [4.69, 9.17) is 43.8 Å². The monoisotopic (exact) mass is 683 g/mol. The second kappa shape index (κ2) is 13.7. The number of nitrogens with zero attached hydrogens (tertiary/aromatic N) is 6. The number of morpholine rings is 1. The topological polar surface area (TPSA) is 102 Å². The number of carbonyl (C=O) groups is 1. The number of ether oxygens (including phenoxy) is 1. The maximum atomic E-state index is 12.9. The highest BCUT2D eigenvalue weighted by Crippen LogP contribution is 2.34. The Labute approximate surface area is 273 Å². The first kappa shape index (κ1) is 33.2. The van der Waals surface area contributed by atoms with E-state index in [-0.39, 0.29) is 18.3 Å². The van der Waals surface area contributed by atoms with Gasteiger partial charge in [0, 0.05) is 49.0 Å². The minimum absolute atomic E-state index is 0. The van der Waals surface area contributed by atoms with Crippen molar-refractivity contribution >= 4 is 58.5 Å². The van der Waals surface area contributed by atoms with Crippen LogP contribution in [-0.2, 0) is 17.7 Å². The summed E-state index contributed by atoms with van der Waals surface area (Å²) in [5, 5.41) is 5.90. The molecule has 3 aromatic heterocycles. The average molecular weight is 685 g/mol. The Morgan fingerprint density at radius 3 is 2.53 bits per heavy atom. The first-order valence-corrected chi connectivity index (χ1v) is 15.1. The van der Waals surface area contributed by atoms with Crippen molar-refractivity contribution in [2.45, 2.75) is 32.0 Å². The van der Waals surface area contributed by atoms with Gasteiger partial charge in [-0.1, -0.05) is 23.2 Å². The Morgan fingerprint density at radius 2 is 1.82 bits per heavy atom. The largest absolute Gasteiger partial charge is 0.455 e. The van der Waals surface area contributed by atoms with Gasteiger partial charge in [-0.15, -0.1) is 12.4 Å². The van der Waals surface area contributed by atoms with Gasteiger partial charge in [0.1, 0.15) is 11.3 Å². The van der Waals surface area contributed by atoms with Crippen molar-refractivity contribution < 1.29 is 22.7 Å². The summed E-state index contributed by atoms with van der Waals surface area (Å²) in [4.78, 5) is 25.4. The zero-order chi connectivity index (χ0) is 31.0. The fourth-order valence-corrected chi connectivity index (χ4v) is 6.35. The Morgan fingerprint density at radius 1 is 1.04 bits per heavy atom. The highest BCUT2D eigenvalue weighted by molar-refractivity contribution is 6.36. The molecule has 15 heteroatoms. The van der Waals surface area contributed by atoms with Crippen molar-refractivity contribution in [3.8, 4) is 11.3 Å². The molecule has 0 radical (unpaired) electrons. The molecule has 5 heterocycles. The molecule has 2 saturated heterocycles. The first-order valence-electron chi connectivity index (χ1n) is 14.3. The van der Waals surface area contributed by atoms with Crippen LogP contribution in [0.1, 0.15) is 34.6 Å². The van der Waals surface area contributed by atoms with Crippen molar-refractivity contribution in [1.82, 2.24) is 24.5 Å². The van der Waals surface area contributed by atoms with E-state index in [2.05, 4.69) is 20.9 Å². The molecule has 0 bridgehead atoms. The standard InChI is InChI=1S/C30H30Cl2F3N7O2.ClH/c31-19-3-5-22(24(32)13-19)25-17-42-26(14-21(39-42)16-40-8-10-44-11-9-40)29(38-25)41-7-1-2-18(15-41)12-20-4-6-23(28(36)37-20)27(43)30(33,34)35;/h3-6,13-14,17-18H,1-2,7-12,15-16H2,(H2,36,37);1H.